The highest BCUT2D eigenvalue weighted by Crippen LogP contribution is 2.25. The maximum Gasteiger partial charge on any atom is 0.362 e. The average molecular weight is 270 g/mol. The molecule has 3 unspecified atom stereocenters. The van der Waals surface area contributed by atoms with E-state index in [4.69, 9.17) is 4.55 Å². The number of hydrogen-bond donors (Lipinski definition) is 2. The van der Waals surface area contributed by atoms with Crippen molar-refractivity contribution in [2.24, 2.45) is 0 Å². The van der Waals surface area contributed by atoms with Crippen LogP contribution in [0.15, 0.2) is 0 Å². The van der Waals surface area contributed by atoms with Gasteiger partial charge in [0, 0.05) is 0 Å². The Morgan fingerprint density at radius 3 is 2.41 bits per heavy atom. The van der Waals surface area contributed by atoms with E-state index < -0.39 is 33.3 Å². The molecule has 17 heavy (non-hydrogen) atoms. The second kappa shape index (κ2) is 4.87. The minimum atomic E-state index is -5.19. The Labute approximate surface area is 98.5 Å². The van der Waals surface area contributed by atoms with Crippen LogP contribution < -0.4 is 0 Å². The topological polar surface area (TPSA) is 101 Å². The number of rotatable bonds is 3. The summed E-state index contributed by atoms with van der Waals surface area (Å²) in [4.78, 5) is 11.3. The van der Waals surface area contributed by atoms with Crippen LogP contribution in [0.1, 0.15) is 32.6 Å². The lowest BCUT2D eigenvalue weighted by Crippen LogP contribution is -2.44. The third-order valence-electron chi connectivity index (χ3n) is 2.78. The number of ether oxygens (including phenoxy) is 1. The fourth-order valence-electron chi connectivity index (χ4n) is 1.56. The second-order valence-electron chi connectivity index (χ2n) is 4.19. The van der Waals surface area contributed by atoms with Crippen LogP contribution in [-0.2, 0) is 19.6 Å². The zero-order valence-corrected chi connectivity index (χ0v) is 10.1. The van der Waals surface area contributed by atoms with E-state index >= 15 is 0 Å². The highest BCUT2D eigenvalue weighted by Gasteiger charge is 2.49. The SMILES string of the molecule is CC(F)(C(=O)OC1CCCCC1O)S(=O)(=O)O. The van der Waals surface area contributed by atoms with Gasteiger partial charge in [-0.15, -0.1) is 0 Å². The van der Waals surface area contributed by atoms with Gasteiger partial charge >= 0.3 is 21.1 Å². The number of aliphatic hydroxyl groups is 1. The predicted molar refractivity (Wildman–Crippen MR) is 55.4 cm³/mol. The smallest absolute Gasteiger partial charge is 0.362 e. The minimum absolute atomic E-state index is 0.342. The molecule has 1 rings (SSSR count). The van der Waals surface area contributed by atoms with Crippen molar-refractivity contribution >= 4 is 16.1 Å². The lowest BCUT2D eigenvalue weighted by Gasteiger charge is -2.28. The maximum absolute atomic E-state index is 13.5. The van der Waals surface area contributed by atoms with Gasteiger partial charge in [-0.3, -0.25) is 4.55 Å². The summed E-state index contributed by atoms with van der Waals surface area (Å²) in [5.74, 6) is -1.70. The lowest BCUT2D eigenvalue weighted by molar-refractivity contribution is -0.165. The van der Waals surface area contributed by atoms with Gasteiger partial charge in [-0.05, 0) is 26.2 Å². The molecule has 8 heteroatoms. The highest BCUT2D eigenvalue weighted by molar-refractivity contribution is 7.87. The normalized spacial score (nSPS) is 29.4. The first-order valence-corrected chi connectivity index (χ1v) is 6.65. The minimum Gasteiger partial charge on any atom is -0.456 e. The molecule has 0 radical (unpaired) electrons. The Bertz CT molecular complexity index is 390. The Kier molecular flexibility index (Phi) is 4.11. The first kappa shape index (κ1) is 14.3. The van der Waals surface area contributed by atoms with E-state index in [0.717, 1.165) is 6.42 Å². The zero-order valence-electron chi connectivity index (χ0n) is 9.30. The van der Waals surface area contributed by atoms with Crippen molar-refractivity contribution in [2.75, 3.05) is 0 Å². The van der Waals surface area contributed by atoms with Gasteiger partial charge in [0.25, 0.3) is 0 Å². The lowest BCUT2D eigenvalue weighted by atomic mass is 9.95. The van der Waals surface area contributed by atoms with Crippen molar-refractivity contribution < 1.29 is 32.0 Å². The number of aliphatic hydroxyl groups excluding tert-OH is 1. The number of esters is 1. The van der Waals surface area contributed by atoms with E-state index in [-0.39, 0.29) is 0 Å². The molecule has 0 aromatic heterocycles. The summed E-state index contributed by atoms with van der Waals surface area (Å²) in [5.41, 5.74) is 0. The molecule has 1 aliphatic rings. The van der Waals surface area contributed by atoms with Gasteiger partial charge in [0.2, 0.25) is 0 Å². The molecule has 6 nitrogen and oxygen atoms in total. The molecule has 0 bridgehead atoms. The highest BCUT2D eigenvalue weighted by atomic mass is 32.2. The molecule has 0 saturated heterocycles. The molecule has 100 valence electrons. The molecule has 0 amide bonds. The monoisotopic (exact) mass is 270 g/mol. The molecule has 0 aromatic rings. The van der Waals surface area contributed by atoms with Crippen molar-refractivity contribution in [3.63, 3.8) is 0 Å². The van der Waals surface area contributed by atoms with Crippen LogP contribution in [0, 0.1) is 0 Å². The molecular weight excluding hydrogens is 255 g/mol. The van der Waals surface area contributed by atoms with Gasteiger partial charge in [-0.1, -0.05) is 6.42 Å². The van der Waals surface area contributed by atoms with E-state index in [9.17, 15) is 22.7 Å². The van der Waals surface area contributed by atoms with Crippen LogP contribution in [0.4, 0.5) is 4.39 Å². The van der Waals surface area contributed by atoms with Crippen LogP contribution in [0.5, 0.6) is 0 Å². The summed E-state index contributed by atoms with van der Waals surface area (Å²) in [6, 6.07) is 0. The quantitative estimate of drug-likeness (QED) is 0.569. The fourth-order valence-corrected chi connectivity index (χ4v) is 1.82. The molecular formula is C9H15FO6S. The Morgan fingerprint density at radius 2 is 1.94 bits per heavy atom. The molecule has 3 atom stereocenters. The van der Waals surface area contributed by atoms with Crippen LogP contribution in [0.25, 0.3) is 0 Å². The first-order valence-electron chi connectivity index (χ1n) is 5.21. The summed E-state index contributed by atoms with van der Waals surface area (Å²) in [6.45, 7) is 0.403. The standard InChI is InChI=1S/C9H15FO6S/c1-9(10,17(13,14)15)8(12)16-7-5-3-2-4-6(7)11/h6-7,11H,2-5H2,1H3,(H,13,14,15). The van der Waals surface area contributed by atoms with Crippen molar-refractivity contribution in [2.45, 2.75) is 49.8 Å². The molecule has 0 heterocycles. The summed E-state index contributed by atoms with van der Waals surface area (Å²) >= 11 is 0. The molecule has 0 aromatic carbocycles. The molecule has 1 saturated carbocycles. The van der Waals surface area contributed by atoms with Crippen LogP contribution >= 0.6 is 0 Å². The van der Waals surface area contributed by atoms with E-state index in [1.54, 1.807) is 0 Å². The van der Waals surface area contributed by atoms with Gasteiger partial charge in [0.1, 0.15) is 6.10 Å². The number of halogens is 1. The number of hydrogen-bond acceptors (Lipinski definition) is 5. The van der Waals surface area contributed by atoms with E-state index in [1.807, 2.05) is 0 Å². The van der Waals surface area contributed by atoms with Gasteiger partial charge in [-0.2, -0.15) is 8.42 Å². The third kappa shape index (κ3) is 3.14. The van der Waals surface area contributed by atoms with Gasteiger partial charge in [0.15, 0.2) is 0 Å². The fraction of sp³-hybridized carbons (Fsp3) is 0.889. The third-order valence-corrected chi connectivity index (χ3v) is 3.91. The first-order chi connectivity index (χ1) is 7.66. The number of carbonyl (C=O) groups is 1. The van der Waals surface area contributed by atoms with Gasteiger partial charge in [-0.25, -0.2) is 9.18 Å². The van der Waals surface area contributed by atoms with E-state index in [1.165, 1.54) is 0 Å². The van der Waals surface area contributed by atoms with Crippen molar-refractivity contribution in [1.82, 2.24) is 0 Å². The summed E-state index contributed by atoms with van der Waals surface area (Å²) in [7, 11) is -5.19. The van der Waals surface area contributed by atoms with Crippen molar-refractivity contribution in [3.05, 3.63) is 0 Å². The number of alkyl halides is 1. The summed E-state index contributed by atoms with van der Waals surface area (Å²) < 4.78 is 47.9. The van der Waals surface area contributed by atoms with Crippen LogP contribution in [-0.4, -0.2) is 41.3 Å². The van der Waals surface area contributed by atoms with E-state index in [0.29, 0.717) is 26.2 Å². The van der Waals surface area contributed by atoms with E-state index in [2.05, 4.69) is 4.74 Å². The Morgan fingerprint density at radius 1 is 1.41 bits per heavy atom. The second-order valence-corrected chi connectivity index (χ2v) is 5.90. The molecule has 1 fully saturated rings. The summed E-state index contributed by atoms with van der Waals surface area (Å²) in [6.07, 6.45) is 0.365. The molecule has 2 N–H and O–H groups in total. The molecule has 0 aliphatic heterocycles. The largest absolute Gasteiger partial charge is 0.456 e. The summed E-state index contributed by atoms with van der Waals surface area (Å²) in [5, 5.41) is 5.96. The van der Waals surface area contributed by atoms with Crippen molar-refractivity contribution in [1.29, 1.82) is 0 Å². The van der Waals surface area contributed by atoms with Gasteiger partial charge in [0.05, 0.1) is 6.10 Å². The average Bonchev–Trinajstić information content (AvgIpc) is 2.19. The predicted octanol–water partition coefficient (Wildman–Crippen LogP) is 0.407. The molecule has 1 aliphatic carbocycles. The van der Waals surface area contributed by atoms with Crippen molar-refractivity contribution in [3.8, 4) is 0 Å². The van der Waals surface area contributed by atoms with Crippen LogP contribution in [0.3, 0.4) is 0 Å². The number of carbonyl (C=O) groups excluding carboxylic acids is 1. The molecule has 0 spiro atoms. The Balaban J connectivity index is 2.72. The maximum atomic E-state index is 13.5. The van der Waals surface area contributed by atoms with Crippen LogP contribution in [0.2, 0.25) is 0 Å². The zero-order chi connectivity index (χ0) is 13.3. The van der Waals surface area contributed by atoms with Gasteiger partial charge < -0.3 is 9.84 Å². The Hall–Kier alpha value is -0.730.